The molecule has 0 fully saturated rings. The molecule has 1 atom stereocenters. The highest BCUT2D eigenvalue weighted by molar-refractivity contribution is 5.95. The minimum Gasteiger partial charge on any atom is -0.392 e. The first-order valence-corrected chi connectivity index (χ1v) is 5.62. The molecule has 19 heavy (non-hydrogen) atoms. The number of aliphatic hydroxyl groups excluding tert-OH is 1. The van der Waals surface area contributed by atoms with Gasteiger partial charge >= 0.3 is 0 Å². The Labute approximate surface area is 109 Å². The number of non-ortho nitro benzene ring substituents is 1. The molecule has 0 aliphatic rings. The normalized spacial score (nSPS) is 12.1. The van der Waals surface area contributed by atoms with Crippen molar-refractivity contribution >= 4 is 11.6 Å². The number of likely N-dealkylation sites (N-methyl/N-ethyl adjacent to an activating group) is 1. The fourth-order valence-corrected chi connectivity index (χ4v) is 1.70. The first-order chi connectivity index (χ1) is 8.73. The minimum atomic E-state index is -0.784. The Morgan fingerprint density at radius 1 is 1.58 bits per heavy atom. The van der Waals surface area contributed by atoms with Crippen molar-refractivity contribution in [2.45, 2.75) is 20.0 Å². The minimum absolute atomic E-state index is 0.0139. The van der Waals surface area contributed by atoms with E-state index in [-0.39, 0.29) is 23.4 Å². The van der Waals surface area contributed by atoms with E-state index in [1.165, 1.54) is 20.9 Å². The van der Waals surface area contributed by atoms with Crippen LogP contribution >= 0.6 is 0 Å². The van der Waals surface area contributed by atoms with E-state index in [9.17, 15) is 24.4 Å². The van der Waals surface area contributed by atoms with E-state index in [1.54, 1.807) is 0 Å². The number of rotatable bonds is 4. The van der Waals surface area contributed by atoms with Crippen LogP contribution in [0.25, 0.3) is 0 Å². The Hall–Kier alpha value is -2.02. The van der Waals surface area contributed by atoms with Crippen molar-refractivity contribution in [1.82, 2.24) is 4.90 Å². The van der Waals surface area contributed by atoms with E-state index in [0.29, 0.717) is 0 Å². The molecule has 6 nitrogen and oxygen atoms in total. The molecule has 1 unspecified atom stereocenters. The maximum absolute atomic E-state index is 13.9. The van der Waals surface area contributed by atoms with Crippen molar-refractivity contribution < 1.29 is 19.2 Å². The average molecular weight is 270 g/mol. The van der Waals surface area contributed by atoms with Gasteiger partial charge in [-0.3, -0.25) is 14.9 Å². The Morgan fingerprint density at radius 3 is 2.63 bits per heavy atom. The van der Waals surface area contributed by atoms with E-state index in [2.05, 4.69) is 0 Å². The molecular weight excluding hydrogens is 255 g/mol. The summed E-state index contributed by atoms with van der Waals surface area (Å²) >= 11 is 0. The molecular formula is C12H15FN2O4. The van der Waals surface area contributed by atoms with Gasteiger partial charge in [0.2, 0.25) is 0 Å². The summed E-state index contributed by atoms with van der Waals surface area (Å²) in [5.41, 5.74) is -0.675. The second-order valence-corrected chi connectivity index (χ2v) is 4.42. The third-order valence-corrected chi connectivity index (χ3v) is 2.57. The molecule has 1 aromatic carbocycles. The number of nitrogens with zero attached hydrogens (tertiary/aromatic N) is 2. The van der Waals surface area contributed by atoms with Crippen LogP contribution in [0.2, 0.25) is 0 Å². The molecule has 1 amide bonds. The van der Waals surface area contributed by atoms with E-state index >= 15 is 0 Å². The molecule has 0 aromatic heterocycles. The van der Waals surface area contributed by atoms with Crippen molar-refractivity contribution in [2.24, 2.45) is 0 Å². The molecule has 1 aromatic rings. The van der Waals surface area contributed by atoms with Gasteiger partial charge in [0.1, 0.15) is 5.82 Å². The zero-order chi connectivity index (χ0) is 14.7. The van der Waals surface area contributed by atoms with Crippen LogP contribution in [-0.2, 0) is 0 Å². The molecule has 7 heteroatoms. The van der Waals surface area contributed by atoms with Gasteiger partial charge in [-0.05, 0) is 19.4 Å². The van der Waals surface area contributed by atoms with E-state index in [1.807, 2.05) is 0 Å². The number of carbonyl (C=O) groups excluding carboxylic acids is 1. The zero-order valence-electron chi connectivity index (χ0n) is 10.9. The van der Waals surface area contributed by atoms with E-state index in [4.69, 9.17) is 0 Å². The Kier molecular flexibility index (Phi) is 4.55. The number of aryl methyl sites for hydroxylation is 1. The monoisotopic (exact) mass is 270 g/mol. The van der Waals surface area contributed by atoms with Crippen molar-refractivity contribution in [3.63, 3.8) is 0 Å². The van der Waals surface area contributed by atoms with Crippen LogP contribution < -0.4 is 0 Å². The number of benzene rings is 1. The molecule has 104 valence electrons. The first-order valence-electron chi connectivity index (χ1n) is 5.62. The predicted molar refractivity (Wildman–Crippen MR) is 66.4 cm³/mol. The van der Waals surface area contributed by atoms with Crippen LogP contribution in [0, 0.1) is 22.9 Å². The Balaban J connectivity index is 3.18. The number of aliphatic hydroxyl groups is 1. The topological polar surface area (TPSA) is 83.7 Å². The van der Waals surface area contributed by atoms with Gasteiger partial charge in [-0.2, -0.15) is 0 Å². The molecule has 0 radical (unpaired) electrons. The summed E-state index contributed by atoms with van der Waals surface area (Å²) in [6.07, 6.45) is -0.767. The summed E-state index contributed by atoms with van der Waals surface area (Å²) in [5.74, 6) is -1.49. The van der Waals surface area contributed by atoms with Gasteiger partial charge in [0.25, 0.3) is 11.6 Å². The third kappa shape index (κ3) is 3.47. The van der Waals surface area contributed by atoms with Crippen molar-refractivity contribution in [3.8, 4) is 0 Å². The first kappa shape index (κ1) is 15.0. The highest BCUT2D eigenvalue weighted by atomic mass is 19.1. The molecule has 0 saturated heterocycles. The van der Waals surface area contributed by atoms with Crippen LogP contribution in [0.5, 0.6) is 0 Å². The fraction of sp³-hybridized carbons (Fsp3) is 0.417. The lowest BCUT2D eigenvalue weighted by molar-refractivity contribution is -0.385. The van der Waals surface area contributed by atoms with Gasteiger partial charge in [0.15, 0.2) is 0 Å². The van der Waals surface area contributed by atoms with Crippen molar-refractivity contribution in [1.29, 1.82) is 0 Å². The van der Waals surface area contributed by atoms with Gasteiger partial charge in [-0.25, -0.2) is 4.39 Å². The Bertz CT molecular complexity index is 517. The second-order valence-electron chi connectivity index (χ2n) is 4.42. The lowest BCUT2D eigenvalue weighted by Gasteiger charge is -2.19. The van der Waals surface area contributed by atoms with Gasteiger partial charge in [-0.15, -0.1) is 0 Å². The summed E-state index contributed by atoms with van der Waals surface area (Å²) < 4.78 is 13.9. The molecule has 0 aliphatic heterocycles. The fourth-order valence-electron chi connectivity index (χ4n) is 1.70. The predicted octanol–water partition coefficient (Wildman–Crippen LogP) is 1.50. The number of amides is 1. The van der Waals surface area contributed by atoms with Gasteiger partial charge in [0, 0.05) is 25.7 Å². The molecule has 0 aliphatic carbocycles. The summed E-state index contributed by atoms with van der Waals surface area (Å²) in [6, 6.07) is 1.98. The summed E-state index contributed by atoms with van der Waals surface area (Å²) in [6.45, 7) is 2.85. The quantitative estimate of drug-likeness (QED) is 0.663. The number of halogens is 1. The van der Waals surface area contributed by atoms with Crippen LogP contribution in [0.4, 0.5) is 10.1 Å². The lowest BCUT2D eigenvalue weighted by atomic mass is 10.1. The van der Waals surface area contributed by atoms with Gasteiger partial charge in [-0.1, -0.05) is 0 Å². The van der Waals surface area contributed by atoms with Crippen LogP contribution in [0.3, 0.4) is 0 Å². The molecule has 0 spiro atoms. The molecule has 1 N–H and O–H groups in total. The van der Waals surface area contributed by atoms with Crippen LogP contribution in [-0.4, -0.2) is 40.5 Å². The van der Waals surface area contributed by atoms with E-state index < -0.39 is 22.8 Å². The maximum Gasteiger partial charge on any atom is 0.270 e. The number of hydrogen-bond donors (Lipinski definition) is 1. The summed E-state index contributed by atoms with van der Waals surface area (Å²) in [5, 5.41) is 19.9. The van der Waals surface area contributed by atoms with Crippen molar-refractivity contribution in [2.75, 3.05) is 13.6 Å². The van der Waals surface area contributed by atoms with Crippen molar-refractivity contribution in [3.05, 3.63) is 39.2 Å². The van der Waals surface area contributed by atoms with Gasteiger partial charge in [0.05, 0.1) is 16.6 Å². The average Bonchev–Trinajstić information content (AvgIpc) is 2.30. The molecule has 0 bridgehead atoms. The summed E-state index contributed by atoms with van der Waals surface area (Å²) in [7, 11) is 1.39. The second kappa shape index (κ2) is 5.75. The lowest BCUT2D eigenvalue weighted by Crippen LogP contribution is -2.33. The number of hydrogen-bond acceptors (Lipinski definition) is 4. The smallest absolute Gasteiger partial charge is 0.270 e. The maximum atomic E-state index is 13.9. The van der Waals surface area contributed by atoms with Crippen LogP contribution in [0.1, 0.15) is 22.8 Å². The molecule has 0 heterocycles. The highest BCUT2D eigenvalue weighted by Crippen LogP contribution is 2.22. The zero-order valence-corrected chi connectivity index (χ0v) is 10.9. The van der Waals surface area contributed by atoms with Crippen LogP contribution in [0.15, 0.2) is 12.1 Å². The standard InChI is InChI=1S/C12H15FN2O4/c1-7-4-9(15(18)19)5-10(11(7)13)12(17)14(3)6-8(2)16/h4-5,8,16H,6H2,1-3H3. The largest absolute Gasteiger partial charge is 0.392 e. The van der Waals surface area contributed by atoms with Gasteiger partial charge < -0.3 is 10.0 Å². The number of nitro groups is 1. The highest BCUT2D eigenvalue weighted by Gasteiger charge is 2.22. The number of carbonyl (C=O) groups is 1. The molecule has 0 saturated carbocycles. The van der Waals surface area contributed by atoms with E-state index in [0.717, 1.165) is 17.0 Å². The molecule has 1 rings (SSSR count). The number of nitro benzene ring substituents is 1. The summed E-state index contributed by atoms with van der Waals surface area (Å²) in [4.78, 5) is 23.1. The SMILES string of the molecule is Cc1cc([N+](=O)[O-])cc(C(=O)N(C)CC(C)O)c1F. The Morgan fingerprint density at radius 2 is 2.16 bits per heavy atom. The third-order valence-electron chi connectivity index (χ3n) is 2.57.